The summed E-state index contributed by atoms with van der Waals surface area (Å²) in [5.74, 6) is 0.176. The second-order valence-electron chi connectivity index (χ2n) is 8.40. The van der Waals surface area contributed by atoms with E-state index in [1.807, 2.05) is 84.9 Å². The third-order valence-electron chi connectivity index (χ3n) is 5.31. The number of para-hydroxylation sites is 1. The molecular formula is C28H27N3O. The number of amides is 1. The maximum atomic E-state index is 13.3. The number of hydrazone groups is 1. The van der Waals surface area contributed by atoms with Crippen LogP contribution in [0.4, 0.5) is 0 Å². The van der Waals surface area contributed by atoms with Crippen LogP contribution in [0.3, 0.4) is 0 Å². The van der Waals surface area contributed by atoms with E-state index in [-0.39, 0.29) is 5.91 Å². The summed E-state index contributed by atoms with van der Waals surface area (Å²) >= 11 is 0. The van der Waals surface area contributed by atoms with Crippen molar-refractivity contribution in [2.75, 3.05) is 0 Å². The van der Waals surface area contributed by atoms with Gasteiger partial charge in [0.05, 0.1) is 22.5 Å². The summed E-state index contributed by atoms with van der Waals surface area (Å²) < 4.78 is 0. The summed E-state index contributed by atoms with van der Waals surface area (Å²) in [4.78, 5) is 18.1. The quantitative estimate of drug-likeness (QED) is 0.290. The molecule has 0 spiro atoms. The number of aryl methyl sites for hydroxylation is 1. The van der Waals surface area contributed by atoms with Crippen LogP contribution in [-0.4, -0.2) is 16.6 Å². The Hall–Kier alpha value is -3.79. The standard InChI is InChI=1S/C28H27N3O/c1-19(2)17-27(21-9-5-4-6-10-21)30-31-28(32)24-18-26(22-15-13-20(3)14-16-22)29-25-12-8-7-11-23(24)25/h4-16,18-19H,17H2,1-3H3,(H,31,32)/b30-27+. The van der Waals surface area contributed by atoms with Gasteiger partial charge in [0.25, 0.3) is 5.91 Å². The first kappa shape index (κ1) is 21.4. The van der Waals surface area contributed by atoms with Gasteiger partial charge in [-0.25, -0.2) is 10.4 Å². The number of benzene rings is 3. The Labute approximate surface area is 189 Å². The molecule has 1 amide bonds. The van der Waals surface area contributed by atoms with Gasteiger partial charge in [-0.05, 0) is 37.0 Å². The van der Waals surface area contributed by atoms with Crippen molar-refractivity contribution in [3.63, 3.8) is 0 Å². The second kappa shape index (κ2) is 9.56. The van der Waals surface area contributed by atoms with E-state index < -0.39 is 0 Å². The lowest BCUT2D eigenvalue weighted by atomic mass is 10.0. The summed E-state index contributed by atoms with van der Waals surface area (Å²) in [6.07, 6.45) is 0.774. The van der Waals surface area contributed by atoms with Gasteiger partial charge in [-0.15, -0.1) is 0 Å². The van der Waals surface area contributed by atoms with Crippen molar-refractivity contribution >= 4 is 22.5 Å². The fourth-order valence-corrected chi connectivity index (χ4v) is 3.66. The van der Waals surface area contributed by atoms with Gasteiger partial charge >= 0.3 is 0 Å². The molecule has 0 aliphatic carbocycles. The number of nitrogens with one attached hydrogen (secondary N) is 1. The highest BCUT2D eigenvalue weighted by atomic mass is 16.2. The van der Waals surface area contributed by atoms with Crippen molar-refractivity contribution in [2.45, 2.75) is 27.2 Å². The van der Waals surface area contributed by atoms with Gasteiger partial charge in [0.15, 0.2) is 0 Å². The first-order valence-corrected chi connectivity index (χ1v) is 10.9. The molecule has 1 heterocycles. The van der Waals surface area contributed by atoms with Crippen LogP contribution in [0.2, 0.25) is 0 Å². The zero-order valence-corrected chi connectivity index (χ0v) is 18.7. The highest BCUT2D eigenvalue weighted by Gasteiger charge is 2.15. The van der Waals surface area contributed by atoms with Gasteiger partial charge in [-0.1, -0.05) is 92.2 Å². The summed E-state index contributed by atoms with van der Waals surface area (Å²) in [5, 5.41) is 5.33. The van der Waals surface area contributed by atoms with Gasteiger partial charge in [0, 0.05) is 10.9 Å². The van der Waals surface area contributed by atoms with Crippen LogP contribution in [0.5, 0.6) is 0 Å². The molecule has 0 fully saturated rings. The molecule has 0 saturated heterocycles. The lowest BCUT2D eigenvalue weighted by molar-refractivity contribution is 0.0956. The van der Waals surface area contributed by atoms with Crippen LogP contribution in [0.15, 0.2) is 90.0 Å². The molecular weight excluding hydrogens is 394 g/mol. The summed E-state index contributed by atoms with van der Waals surface area (Å²) in [5.41, 5.74) is 8.95. The van der Waals surface area contributed by atoms with E-state index in [0.717, 1.165) is 39.9 Å². The molecule has 0 aliphatic heterocycles. The highest BCUT2D eigenvalue weighted by molar-refractivity contribution is 6.08. The van der Waals surface area contributed by atoms with Crippen LogP contribution in [0.25, 0.3) is 22.2 Å². The molecule has 1 N–H and O–H groups in total. The number of carbonyl (C=O) groups is 1. The topological polar surface area (TPSA) is 54.4 Å². The number of rotatable bonds is 6. The Bertz CT molecular complexity index is 1260. The monoisotopic (exact) mass is 421 g/mol. The molecule has 4 rings (SSSR count). The van der Waals surface area contributed by atoms with E-state index in [2.05, 4.69) is 31.3 Å². The van der Waals surface area contributed by atoms with Crippen LogP contribution >= 0.6 is 0 Å². The summed E-state index contributed by atoms with van der Waals surface area (Å²) in [6.45, 7) is 6.34. The third-order valence-corrected chi connectivity index (χ3v) is 5.31. The van der Waals surface area contributed by atoms with E-state index in [1.165, 1.54) is 5.56 Å². The third kappa shape index (κ3) is 4.92. The number of hydrogen-bond acceptors (Lipinski definition) is 3. The Morgan fingerprint density at radius 1 is 0.938 bits per heavy atom. The van der Waals surface area contributed by atoms with Gasteiger partial charge in [-0.2, -0.15) is 5.10 Å². The molecule has 0 aliphatic rings. The number of aromatic nitrogens is 1. The fourth-order valence-electron chi connectivity index (χ4n) is 3.66. The average Bonchev–Trinajstić information content (AvgIpc) is 2.81. The van der Waals surface area contributed by atoms with Crippen molar-refractivity contribution in [1.29, 1.82) is 0 Å². The highest BCUT2D eigenvalue weighted by Crippen LogP contribution is 2.25. The van der Waals surface area contributed by atoms with Gasteiger partial charge in [-0.3, -0.25) is 4.79 Å². The lowest BCUT2D eigenvalue weighted by Gasteiger charge is -2.12. The maximum Gasteiger partial charge on any atom is 0.272 e. The lowest BCUT2D eigenvalue weighted by Crippen LogP contribution is -2.21. The van der Waals surface area contributed by atoms with Gasteiger partial charge < -0.3 is 0 Å². The predicted molar refractivity (Wildman–Crippen MR) is 132 cm³/mol. The number of nitrogens with zero attached hydrogens (tertiary/aromatic N) is 2. The number of hydrogen-bond donors (Lipinski definition) is 1. The molecule has 160 valence electrons. The molecule has 1 aromatic heterocycles. The van der Waals surface area contributed by atoms with E-state index in [4.69, 9.17) is 4.98 Å². The first-order valence-electron chi connectivity index (χ1n) is 10.9. The van der Waals surface area contributed by atoms with Crippen LogP contribution in [0.1, 0.15) is 41.8 Å². The fraction of sp³-hybridized carbons (Fsp3) is 0.179. The maximum absolute atomic E-state index is 13.3. The molecule has 32 heavy (non-hydrogen) atoms. The minimum Gasteiger partial charge on any atom is -0.267 e. The molecule has 4 nitrogen and oxygen atoms in total. The van der Waals surface area contributed by atoms with Crippen molar-refractivity contribution in [2.24, 2.45) is 11.0 Å². The van der Waals surface area contributed by atoms with E-state index in [0.29, 0.717) is 11.5 Å². The molecule has 4 aromatic rings. The predicted octanol–water partition coefficient (Wildman–Crippen LogP) is 6.39. The molecule has 0 atom stereocenters. The normalized spacial score (nSPS) is 11.7. The number of pyridine rings is 1. The number of fused-ring (bicyclic) bond motifs is 1. The van der Waals surface area contributed by atoms with E-state index >= 15 is 0 Å². The molecule has 0 radical (unpaired) electrons. The van der Waals surface area contributed by atoms with Crippen LogP contribution < -0.4 is 5.43 Å². The summed E-state index contributed by atoms with van der Waals surface area (Å²) in [6, 6.07) is 27.7. The second-order valence-corrected chi connectivity index (χ2v) is 8.40. The largest absolute Gasteiger partial charge is 0.272 e. The first-order chi connectivity index (χ1) is 15.5. The zero-order valence-electron chi connectivity index (χ0n) is 18.7. The van der Waals surface area contributed by atoms with Gasteiger partial charge in [0.2, 0.25) is 0 Å². The van der Waals surface area contributed by atoms with Crippen molar-refractivity contribution in [1.82, 2.24) is 10.4 Å². The molecule has 3 aromatic carbocycles. The zero-order chi connectivity index (χ0) is 22.5. The van der Waals surface area contributed by atoms with Crippen LogP contribution in [0, 0.1) is 12.8 Å². The number of carbonyl (C=O) groups excluding carboxylic acids is 1. The van der Waals surface area contributed by atoms with E-state index in [1.54, 1.807) is 0 Å². The smallest absolute Gasteiger partial charge is 0.267 e. The SMILES string of the molecule is Cc1ccc(-c2cc(C(=O)N/N=C(\CC(C)C)c3ccccc3)c3ccccc3n2)cc1. The molecule has 4 heteroatoms. The Morgan fingerprint density at radius 3 is 2.34 bits per heavy atom. The summed E-state index contributed by atoms with van der Waals surface area (Å²) in [7, 11) is 0. The Kier molecular flexibility index (Phi) is 6.41. The Morgan fingerprint density at radius 2 is 1.62 bits per heavy atom. The van der Waals surface area contributed by atoms with Crippen molar-refractivity contribution in [3.05, 3.63) is 102 Å². The van der Waals surface area contributed by atoms with E-state index in [9.17, 15) is 4.79 Å². The average molecular weight is 422 g/mol. The molecule has 0 unspecified atom stereocenters. The Balaban J connectivity index is 1.72. The van der Waals surface area contributed by atoms with Crippen molar-refractivity contribution in [3.8, 4) is 11.3 Å². The van der Waals surface area contributed by atoms with Gasteiger partial charge in [0.1, 0.15) is 0 Å². The minimum atomic E-state index is -0.242. The van der Waals surface area contributed by atoms with Crippen LogP contribution in [-0.2, 0) is 0 Å². The molecule has 0 saturated carbocycles. The minimum absolute atomic E-state index is 0.242. The molecule has 0 bridgehead atoms. The van der Waals surface area contributed by atoms with Crippen molar-refractivity contribution < 1.29 is 4.79 Å².